The molecule has 0 unspecified atom stereocenters. The third kappa shape index (κ3) is 34.1. The molecule has 4 heterocycles. The molecule has 0 aromatic heterocycles. The third-order valence-corrected chi connectivity index (χ3v) is 15.7. The number of carbonyl (C=O) groups excluding carboxylic acids is 5. The Morgan fingerprint density at radius 2 is 0.552 bits per heavy atom. The number of amides is 5. The Kier molecular flexibility index (Phi) is 42.4. The summed E-state index contributed by atoms with van der Waals surface area (Å²) >= 11 is 0. The second-order valence-electron chi connectivity index (χ2n) is 27.5. The van der Waals surface area contributed by atoms with E-state index >= 15 is 0 Å². The molecule has 0 bridgehead atoms. The van der Waals surface area contributed by atoms with Gasteiger partial charge in [-0.05, 0) is 136 Å². The first-order valence-corrected chi connectivity index (χ1v) is 36.3. The van der Waals surface area contributed by atoms with Crippen LogP contribution in [0.3, 0.4) is 0 Å². The smallest absolute Gasteiger partial charge is 0.254 e. The number of hydrogen-bond donors (Lipinski definition) is 4. The average molecular weight is 1440 g/mol. The zero-order valence-electron chi connectivity index (χ0n) is 66.5. The molecule has 0 saturated heterocycles. The van der Waals surface area contributed by atoms with Gasteiger partial charge in [0.1, 0.15) is 23.0 Å². The fourth-order valence-electron chi connectivity index (χ4n) is 10.5. The maximum absolute atomic E-state index is 11.4. The Morgan fingerprint density at radius 3 is 0.810 bits per heavy atom. The van der Waals surface area contributed by atoms with Gasteiger partial charge in [-0.25, -0.2) is 0 Å². The summed E-state index contributed by atoms with van der Waals surface area (Å²) < 4.78 is 21.5. The number of para-hydroxylation sites is 4. The van der Waals surface area contributed by atoms with E-state index in [0.29, 0.717) is 37.0 Å². The lowest BCUT2D eigenvalue weighted by Gasteiger charge is -2.24. The van der Waals surface area contributed by atoms with Crippen molar-refractivity contribution in [3.8, 4) is 23.0 Å². The van der Waals surface area contributed by atoms with Crippen molar-refractivity contribution in [1.29, 1.82) is 0 Å². The Labute approximate surface area is 629 Å². The van der Waals surface area contributed by atoms with Crippen LogP contribution in [-0.2, 0) is 90.7 Å². The summed E-state index contributed by atoms with van der Waals surface area (Å²) in [5.74, 6) is 5.91. The minimum Gasteiger partial charge on any atom is -0.496 e. The van der Waals surface area contributed by atoms with Crippen LogP contribution in [0.4, 0.5) is 0 Å². The lowest BCUT2D eigenvalue weighted by molar-refractivity contribution is -0.131. The predicted molar refractivity (Wildman–Crippen MR) is 430 cm³/mol. The first kappa shape index (κ1) is 89.4. The van der Waals surface area contributed by atoms with E-state index in [2.05, 4.69) is 105 Å². The molecule has 0 aliphatic carbocycles. The van der Waals surface area contributed by atoms with Crippen LogP contribution >= 0.6 is 0 Å². The number of ether oxygens (including phenoxy) is 4. The van der Waals surface area contributed by atoms with Gasteiger partial charge in [-0.3, -0.25) is 24.0 Å². The van der Waals surface area contributed by atoms with Crippen LogP contribution < -0.4 is 40.2 Å². The van der Waals surface area contributed by atoms with Gasteiger partial charge in [-0.15, -0.1) is 0 Å². The quantitative estimate of drug-likeness (QED) is 0.0858. The molecule has 4 N–H and O–H groups in total. The van der Waals surface area contributed by atoms with Gasteiger partial charge >= 0.3 is 0 Å². The van der Waals surface area contributed by atoms with Gasteiger partial charge in [0, 0.05) is 97.7 Å². The molecule has 12 rings (SSSR count). The third-order valence-electron chi connectivity index (χ3n) is 15.7. The maximum Gasteiger partial charge on any atom is 0.254 e. The van der Waals surface area contributed by atoms with E-state index in [0.717, 1.165) is 74.9 Å². The molecular weight excluding hydrogens is 1310 g/mol. The molecule has 8 aromatic rings. The summed E-state index contributed by atoms with van der Waals surface area (Å²) in [6, 6.07) is 63.7. The molecule has 0 saturated carbocycles. The average Bonchev–Trinajstić information content (AvgIpc) is 0.861. The van der Waals surface area contributed by atoms with E-state index in [9.17, 15) is 24.0 Å². The monoisotopic (exact) mass is 1430 g/mol. The highest BCUT2D eigenvalue weighted by atomic mass is 16.5. The number of nitrogens with one attached hydrogen (secondary N) is 4. The summed E-state index contributed by atoms with van der Waals surface area (Å²) in [5, 5.41) is 11.9. The fraction of sp³-hybridized carbons (Fsp3) is 0.398. The zero-order valence-corrected chi connectivity index (χ0v) is 66.5. The second-order valence-corrected chi connectivity index (χ2v) is 27.5. The number of hydrogen-bond acceptors (Lipinski definition) is 12. The molecule has 568 valence electrons. The Hall–Kier alpha value is -9.81. The molecule has 4 aliphatic rings. The standard InChI is InChI=1S/C11H15NO2.C11H17NO.4C10H11NO.2C9H13NO.2C4H10/c1-8(2)14-10-7-5-4-6-9(10)11(13)12-3;1-9(2)13-11-7-5-4-6-10(11)8-12-3;4*1-11-7-9-5-3-2-4-8(9)6-10(11)12;2*1-10-7-8-5-3-4-6-9(8)11-2;2*1-4(2)3/h4-8H,1-3H3,(H,12,13);4-7,9,12H,8H2,1-3H3;4*2-5H,6-7H2,1H3;2*3-6,10H,7H2,1-2H3;2*4H,1-3H3. The molecule has 0 spiro atoms. The normalized spacial score (nSPS) is 12.7. The SMILES string of the molecule is CC(C)C.CC(C)C.CN1Cc2ccccc2CC1=O.CN1Cc2ccccc2CC1=O.CN1Cc2ccccc2CC1=O.CN1Cc2ccccc2CC1=O.CNC(=O)c1ccccc1OC(C)C.CNCc1ccccc1OC.CNCc1ccccc1OC.CNCc1ccccc1OC(C)C. The highest BCUT2D eigenvalue weighted by molar-refractivity contribution is 5.96. The maximum atomic E-state index is 11.4. The van der Waals surface area contributed by atoms with Gasteiger partial charge in [0.15, 0.2) is 0 Å². The highest BCUT2D eigenvalue weighted by Gasteiger charge is 2.22. The Bertz CT molecular complexity index is 3530. The number of carbonyl (C=O) groups is 5. The topological polar surface area (TPSA) is 183 Å². The van der Waals surface area contributed by atoms with Crippen LogP contribution in [0.25, 0.3) is 0 Å². The largest absolute Gasteiger partial charge is 0.496 e. The Morgan fingerprint density at radius 1 is 0.333 bits per heavy atom. The molecule has 8 aromatic carbocycles. The minimum atomic E-state index is -0.124. The van der Waals surface area contributed by atoms with Crippen molar-refractivity contribution in [3.05, 3.63) is 261 Å². The lowest BCUT2D eigenvalue weighted by Crippen LogP contribution is -2.32. The predicted octanol–water partition coefficient (Wildman–Crippen LogP) is 15.0. The van der Waals surface area contributed by atoms with Gasteiger partial charge in [0.25, 0.3) is 5.91 Å². The van der Waals surface area contributed by atoms with E-state index < -0.39 is 0 Å². The fourth-order valence-corrected chi connectivity index (χ4v) is 10.5. The minimum absolute atomic E-state index is 0.0702. The van der Waals surface area contributed by atoms with Crippen molar-refractivity contribution >= 4 is 29.5 Å². The molecule has 17 heteroatoms. The number of likely N-dealkylation sites (N-methyl/N-ethyl adjacent to an activating group) is 4. The number of nitrogens with zero attached hydrogens (tertiary/aromatic N) is 4. The molecule has 4 aliphatic heterocycles. The van der Waals surface area contributed by atoms with Crippen molar-refractivity contribution in [2.45, 2.75) is 153 Å². The summed E-state index contributed by atoms with van der Waals surface area (Å²) in [6.45, 7) is 26.5. The van der Waals surface area contributed by atoms with Crippen molar-refractivity contribution in [3.63, 3.8) is 0 Å². The summed E-state index contributed by atoms with van der Waals surface area (Å²) in [6.07, 6.45) is 2.55. The molecule has 0 atom stereocenters. The number of benzene rings is 8. The van der Waals surface area contributed by atoms with Crippen molar-refractivity contribution in [1.82, 2.24) is 40.9 Å². The van der Waals surface area contributed by atoms with Gasteiger partial charge in [-0.2, -0.15) is 0 Å². The van der Waals surface area contributed by atoms with Gasteiger partial charge in [-0.1, -0.05) is 205 Å². The summed E-state index contributed by atoms with van der Waals surface area (Å²) in [7, 11) is 18.1. The van der Waals surface area contributed by atoms with Crippen LogP contribution in [-0.4, -0.2) is 132 Å². The van der Waals surface area contributed by atoms with Crippen LogP contribution in [0.5, 0.6) is 23.0 Å². The summed E-state index contributed by atoms with van der Waals surface area (Å²) in [5.41, 5.74) is 14.0. The lowest BCUT2D eigenvalue weighted by atomic mass is 10.00. The van der Waals surface area contributed by atoms with Crippen LogP contribution in [0.1, 0.15) is 141 Å². The van der Waals surface area contributed by atoms with Crippen molar-refractivity contribution in [2.75, 3.05) is 70.6 Å². The number of methoxy groups -OCH3 is 2. The molecule has 0 fully saturated rings. The molecule has 105 heavy (non-hydrogen) atoms. The Balaban J connectivity index is 0.000000307. The first-order valence-electron chi connectivity index (χ1n) is 36.3. The van der Waals surface area contributed by atoms with Crippen molar-refractivity contribution < 1.29 is 42.9 Å². The number of fused-ring (bicyclic) bond motifs is 4. The second kappa shape index (κ2) is 49.8. The molecular formula is C88H122N8O9. The molecule has 5 amide bonds. The van der Waals surface area contributed by atoms with Crippen molar-refractivity contribution in [2.24, 2.45) is 11.8 Å². The van der Waals surface area contributed by atoms with E-state index in [4.69, 9.17) is 18.9 Å². The summed E-state index contributed by atoms with van der Waals surface area (Å²) in [4.78, 5) is 63.6. The van der Waals surface area contributed by atoms with Gasteiger partial charge in [0.05, 0.1) is 57.7 Å². The van der Waals surface area contributed by atoms with E-state index in [1.54, 1.807) is 53.0 Å². The first-order chi connectivity index (χ1) is 50.2. The van der Waals surface area contributed by atoms with E-state index in [-0.39, 0.29) is 41.7 Å². The van der Waals surface area contributed by atoms with Crippen LogP contribution in [0.2, 0.25) is 0 Å². The number of rotatable bonds is 13. The van der Waals surface area contributed by atoms with E-state index in [1.165, 1.54) is 61.2 Å². The zero-order chi connectivity index (χ0) is 77.8. The molecule has 0 radical (unpaired) electrons. The highest BCUT2D eigenvalue weighted by Crippen LogP contribution is 2.24. The van der Waals surface area contributed by atoms with Gasteiger partial charge in [0.2, 0.25) is 23.6 Å². The van der Waals surface area contributed by atoms with Gasteiger partial charge < -0.3 is 59.8 Å². The molecule has 17 nitrogen and oxygen atoms in total. The van der Waals surface area contributed by atoms with Crippen LogP contribution in [0.15, 0.2) is 194 Å². The van der Waals surface area contributed by atoms with Crippen LogP contribution in [0, 0.1) is 11.8 Å². The van der Waals surface area contributed by atoms with E-state index in [1.807, 2.05) is 217 Å².